The van der Waals surface area contributed by atoms with Gasteiger partial charge in [0.1, 0.15) is 11.3 Å². The van der Waals surface area contributed by atoms with Crippen molar-refractivity contribution in [2.75, 3.05) is 0 Å². The molecule has 19 heavy (non-hydrogen) atoms. The number of fused-ring (bicyclic) bond motifs is 4. The van der Waals surface area contributed by atoms with Crippen LogP contribution in [0.1, 0.15) is 0 Å². The predicted octanol–water partition coefficient (Wildman–Crippen LogP) is 4.25. The number of hydrogen-bond donors (Lipinski definition) is 1. The zero-order valence-electron chi connectivity index (χ0n) is 10.2. The molecule has 0 amide bonds. The van der Waals surface area contributed by atoms with Crippen molar-refractivity contribution in [3.63, 3.8) is 0 Å². The minimum Gasteiger partial charge on any atom is -0.506 e. The Bertz CT molecular complexity index is 928. The van der Waals surface area contributed by atoms with Gasteiger partial charge < -0.3 is 5.11 Å². The molecule has 0 aliphatic rings. The molecule has 2 nitrogen and oxygen atoms in total. The van der Waals surface area contributed by atoms with E-state index in [0.717, 1.165) is 27.1 Å². The number of benzene rings is 3. The SMILES string of the molecule is Oc1cc2ccccc2c2cc3ccccc3nc12. The summed E-state index contributed by atoms with van der Waals surface area (Å²) in [5.41, 5.74) is 1.57. The van der Waals surface area contributed by atoms with Crippen molar-refractivity contribution in [1.29, 1.82) is 0 Å². The predicted molar refractivity (Wildman–Crippen MR) is 78.4 cm³/mol. The van der Waals surface area contributed by atoms with E-state index in [9.17, 15) is 5.11 Å². The van der Waals surface area contributed by atoms with Crippen LogP contribution in [0.5, 0.6) is 5.75 Å². The zero-order chi connectivity index (χ0) is 12.8. The van der Waals surface area contributed by atoms with Gasteiger partial charge in [0.25, 0.3) is 0 Å². The number of aromatic hydroxyl groups is 1. The van der Waals surface area contributed by atoms with Crippen LogP contribution in [0.3, 0.4) is 0 Å². The number of aromatic nitrogens is 1. The van der Waals surface area contributed by atoms with E-state index in [1.165, 1.54) is 0 Å². The van der Waals surface area contributed by atoms with Crippen LogP contribution in [0, 0.1) is 0 Å². The minimum atomic E-state index is 0.236. The van der Waals surface area contributed by atoms with Gasteiger partial charge in [-0.2, -0.15) is 0 Å². The summed E-state index contributed by atoms with van der Waals surface area (Å²) in [6.45, 7) is 0. The molecule has 4 aromatic rings. The van der Waals surface area contributed by atoms with E-state index in [4.69, 9.17) is 0 Å². The molecule has 0 spiro atoms. The van der Waals surface area contributed by atoms with Crippen molar-refractivity contribution in [3.8, 4) is 5.75 Å². The molecule has 1 heterocycles. The second kappa shape index (κ2) is 3.69. The van der Waals surface area contributed by atoms with Gasteiger partial charge in [0, 0.05) is 10.8 Å². The first-order valence-corrected chi connectivity index (χ1v) is 6.23. The zero-order valence-corrected chi connectivity index (χ0v) is 10.2. The standard InChI is InChI=1S/C17H11NO/c19-16-10-11-5-1-3-7-13(11)14-9-12-6-2-4-8-15(12)18-17(14)16/h1-10,19H. The van der Waals surface area contributed by atoms with Crippen molar-refractivity contribution in [3.05, 3.63) is 60.7 Å². The molecule has 0 fully saturated rings. The molecular weight excluding hydrogens is 234 g/mol. The molecule has 4 rings (SSSR count). The van der Waals surface area contributed by atoms with Gasteiger partial charge in [0.2, 0.25) is 0 Å². The van der Waals surface area contributed by atoms with Crippen LogP contribution in [-0.2, 0) is 0 Å². The van der Waals surface area contributed by atoms with E-state index in [1.54, 1.807) is 6.07 Å². The van der Waals surface area contributed by atoms with Crippen LogP contribution in [0.2, 0.25) is 0 Å². The number of hydrogen-bond acceptors (Lipinski definition) is 2. The van der Waals surface area contributed by atoms with Gasteiger partial charge >= 0.3 is 0 Å². The number of rotatable bonds is 0. The maximum absolute atomic E-state index is 10.2. The van der Waals surface area contributed by atoms with E-state index in [-0.39, 0.29) is 5.75 Å². The molecule has 2 heteroatoms. The summed E-state index contributed by atoms with van der Waals surface area (Å²) in [6, 6.07) is 19.9. The molecule has 0 unspecified atom stereocenters. The average Bonchev–Trinajstić information content (AvgIpc) is 2.46. The first-order valence-electron chi connectivity index (χ1n) is 6.23. The van der Waals surface area contributed by atoms with Crippen LogP contribution in [0.25, 0.3) is 32.6 Å². The maximum Gasteiger partial charge on any atom is 0.142 e. The molecule has 0 saturated carbocycles. The van der Waals surface area contributed by atoms with Gasteiger partial charge in [0.15, 0.2) is 0 Å². The fraction of sp³-hybridized carbons (Fsp3) is 0. The third-order valence-electron chi connectivity index (χ3n) is 3.51. The summed E-state index contributed by atoms with van der Waals surface area (Å²) in [5.74, 6) is 0.236. The Morgan fingerprint density at radius 2 is 1.47 bits per heavy atom. The Morgan fingerprint density at radius 3 is 2.37 bits per heavy atom. The van der Waals surface area contributed by atoms with Crippen LogP contribution >= 0.6 is 0 Å². The molecule has 0 aliphatic carbocycles. The first kappa shape index (κ1) is 10.3. The summed E-state index contributed by atoms with van der Waals surface area (Å²) in [7, 11) is 0. The molecule has 0 saturated heterocycles. The van der Waals surface area contributed by atoms with Crippen molar-refractivity contribution in [2.24, 2.45) is 0 Å². The summed E-state index contributed by atoms with van der Waals surface area (Å²) >= 11 is 0. The lowest BCUT2D eigenvalue weighted by atomic mass is 10.0. The lowest BCUT2D eigenvalue weighted by molar-refractivity contribution is 0.481. The van der Waals surface area contributed by atoms with Crippen LogP contribution < -0.4 is 0 Å². The second-order valence-electron chi connectivity index (χ2n) is 4.69. The Balaban J connectivity index is 2.30. The molecule has 1 aromatic heterocycles. The lowest BCUT2D eigenvalue weighted by Crippen LogP contribution is -1.85. The van der Waals surface area contributed by atoms with Crippen molar-refractivity contribution in [1.82, 2.24) is 4.98 Å². The number of para-hydroxylation sites is 1. The minimum absolute atomic E-state index is 0.236. The molecule has 0 atom stereocenters. The van der Waals surface area contributed by atoms with Gasteiger partial charge in [-0.3, -0.25) is 0 Å². The van der Waals surface area contributed by atoms with E-state index in [1.807, 2.05) is 42.5 Å². The number of phenols is 1. The fourth-order valence-electron chi connectivity index (χ4n) is 2.60. The highest BCUT2D eigenvalue weighted by Crippen LogP contribution is 2.33. The van der Waals surface area contributed by atoms with Crippen LogP contribution in [0.4, 0.5) is 0 Å². The van der Waals surface area contributed by atoms with Gasteiger partial charge in [-0.15, -0.1) is 0 Å². The molecule has 90 valence electrons. The topological polar surface area (TPSA) is 33.1 Å². The molecule has 0 radical (unpaired) electrons. The number of phenolic OH excluding ortho intramolecular Hbond substituents is 1. The molecule has 3 aromatic carbocycles. The normalized spacial score (nSPS) is 11.4. The largest absolute Gasteiger partial charge is 0.506 e. The van der Waals surface area contributed by atoms with E-state index < -0.39 is 0 Å². The summed E-state index contributed by atoms with van der Waals surface area (Å²) in [4.78, 5) is 4.58. The number of pyridine rings is 1. The smallest absolute Gasteiger partial charge is 0.142 e. The quantitative estimate of drug-likeness (QED) is 0.371. The Morgan fingerprint density at radius 1 is 0.737 bits per heavy atom. The third kappa shape index (κ3) is 1.47. The van der Waals surface area contributed by atoms with Crippen LogP contribution in [0.15, 0.2) is 60.7 Å². The number of nitrogens with zero attached hydrogens (tertiary/aromatic N) is 1. The monoisotopic (exact) mass is 245 g/mol. The highest BCUT2D eigenvalue weighted by molar-refractivity contribution is 6.11. The summed E-state index contributed by atoms with van der Waals surface area (Å²) in [5, 5.41) is 14.4. The second-order valence-corrected chi connectivity index (χ2v) is 4.69. The lowest BCUT2D eigenvalue weighted by Gasteiger charge is -2.07. The van der Waals surface area contributed by atoms with Crippen molar-refractivity contribution in [2.45, 2.75) is 0 Å². The third-order valence-corrected chi connectivity index (χ3v) is 3.51. The van der Waals surface area contributed by atoms with E-state index >= 15 is 0 Å². The summed E-state index contributed by atoms with van der Waals surface area (Å²) in [6.07, 6.45) is 0. The Kier molecular flexibility index (Phi) is 2.00. The highest BCUT2D eigenvalue weighted by Gasteiger charge is 2.08. The van der Waals surface area contributed by atoms with E-state index in [2.05, 4.69) is 17.1 Å². The van der Waals surface area contributed by atoms with Gasteiger partial charge in [-0.1, -0.05) is 42.5 Å². The van der Waals surface area contributed by atoms with Gasteiger partial charge in [0.05, 0.1) is 5.52 Å². The summed E-state index contributed by atoms with van der Waals surface area (Å²) < 4.78 is 0. The first-order chi connectivity index (χ1) is 9.33. The van der Waals surface area contributed by atoms with Crippen molar-refractivity contribution < 1.29 is 5.11 Å². The Hall–Kier alpha value is -2.61. The van der Waals surface area contributed by atoms with Crippen molar-refractivity contribution >= 4 is 32.6 Å². The molecule has 0 bridgehead atoms. The Labute approximate surface area is 109 Å². The highest BCUT2D eigenvalue weighted by atomic mass is 16.3. The molecular formula is C17H11NO. The van der Waals surface area contributed by atoms with Crippen LogP contribution in [-0.4, -0.2) is 10.1 Å². The van der Waals surface area contributed by atoms with Gasteiger partial charge in [-0.05, 0) is 29.0 Å². The average molecular weight is 245 g/mol. The van der Waals surface area contributed by atoms with Gasteiger partial charge in [-0.25, -0.2) is 4.98 Å². The fourth-order valence-corrected chi connectivity index (χ4v) is 2.60. The molecule has 0 aliphatic heterocycles. The van der Waals surface area contributed by atoms with E-state index in [0.29, 0.717) is 5.52 Å². The molecule has 1 N–H and O–H groups in total. The maximum atomic E-state index is 10.2.